The van der Waals surface area contributed by atoms with Gasteiger partial charge < -0.3 is 14.2 Å². The van der Waals surface area contributed by atoms with E-state index in [4.69, 9.17) is 20.6 Å². The number of halogens is 1. The molecule has 0 radical (unpaired) electrons. The van der Waals surface area contributed by atoms with E-state index in [1.807, 2.05) is 6.92 Å². The van der Waals surface area contributed by atoms with E-state index in [2.05, 4.69) is 5.92 Å². The van der Waals surface area contributed by atoms with Crippen LogP contribution in [0, 0.1) is 18.2 Å². The summed E-state index contributed by atoms with van der Waals surface area (Å²) < 4.78 is 29.4. The van der Waals surface area contributed by atoms with Crippen molar-refractivity contribution in [2.24, 2.45) is 0 Å². The maximum absolute atomic E-state index is 12.9. The fourth-order valence-corrected chi connectivity index (χ4v) is 3.62. The molecule has 2 amide bonds. The van der Waals surface area contributed by atoms with E-state index in [-0.39, 0.29) is 30.8 Å². The Morgan fingerprint density at radius 3 is 2.58 bits per heavy atom. The summed E-state index contributed by atoms with van der Waals surface area (Å²) in [6.45, 7) is 2.57. The minimum Gasteiger partial charge on any atom is -0.492 e. The molecule has 1 aliphatic heterocycles. The first kappa shape index (κ1) is 22.2. The molecule has 0 N–H and O–H groups in total. The van der Waals surface area contributed by atoms with Gasteiger partial charge in [-0.1, -0.05) is 12.0 Å². The van der Waals surface area contributed by atoms with Crippen molar-refractivity contribution in [1.82, 2.24) is 4.90 Å². The fourth-order valence-electron chi connectivity index (χ4n) is 2.75. The number of rotatable bonds is 9. The van der Waals surface area contributed by atoms with Gasteiger partial charge in [-0.05, 0) is 66.7 Å². The Kier molecular flexibility index (Phi) is 7.57. The molecule has 2 aromatic carbocycles. The standard InChI is InChI=1S/C23H20FNO5S/c1-3-12-30-19-10-5-16(14-20(19)28-4-2)15-21-22(26)25(23(27)31-21)11-13-29-18-8-6-17(24)7-9-18/h1,5-10,14-15H,4,11-13H2,2H3/b21-15-. The lowest BCUT2D eigenvalue weighted by molar-refractivity contribution is -0.123. The van der Waals surface area contributed by atoms with Crippen molar-refractivity contribution in [2.75, 3.05) is 26.4 Å². The van der Waals surface area contributed by atoms with E-state index < -0.39 is 5.91 Å². The molecule has 6 nitrogen and oxygen atoms in total. The summed E-state index contributed by atoms with van der Waals surface area (Å²) in [5, 5.41) is -0.377. The summed E-state index contributed by atoms with van der Waals surface area (Å²) in [6, 6.07) is 10.7. The highest BCUT2D eigenvalue weighted by molar-refractivity contribution is 8.18. The molecule has 31 heavy (non-hydrogen) atoms. The van der Waals surface area contributed by atoms with Crippen LogP contribution in [-0.2, 0) is 4.79 Å². The Balaban J connectivity index is 1.67. The number of ether oxygens (including phenoxy) is 3. The minimum absolute atomic E-state index is 0.0858. The number of carbonyl (C=O) groups excluding carboxylic acids is 2. The van der Waals surface area contributed by atoms with Gasteiger partial charge in [0.1, 0.15) is 24.8 Å². The summed E-state index contributed by atoms with van der Waals surface area (Å²) in [4.78, 5) is 26.3. The van der Waals surface area contributed by atoms with Crippen molar-refractivity contribution < 1.29 is 28.2 Å². The Hall–Kier alpha value is -3.44. The third kappa shape index (κ3) is 5.80. The average molecular weight is 441 g/mol. The second-order valence-corrected chi connectivity index (χ2v) is 7.26. The molecule has 1 heterocycles. The molecular weight excluding hydrogens is 421 g/mol. The Bertz CT molecular complexity index is 1030. The first-order chi connectivity index (χ1) is 15.0. The van der Waals surface area contributed by atoms with Crippen molar-refractivity contribution in [2.45, 2.75) is 6.92 Å². The molecule has 0 atom stereocenters. The SMILES string of the molecule is C#CCOc1ccc(/C=C2\SC(=O)N(CCOc3ccc(F)cc3)C2=O)cc1OCC. The average Bonchev–Trinajstić information content (AvgIpc) is 3.02. The smallest absolute Gasteiger partial charge is 0.293 e. The second kappa shape index (κ2) is 10.5. The normalized spacial score (nSPS) is 14.6. The van der Waals surface area contributed by atoms with Crippen LogP contribution in [0.5, 0.6) is 17.2 Å². The molecule has 8 heteroatoms. The van der Waals surface area contributed by atoms with Gasteiger partial charge >= 0.3 is 0 Å². The van der Waals surface area contributed by atoms with Crippen molar-refractivity contribution in [3.8, 4) is 29.6 Å². The first-order valence-electron chi connectivity index (χ1n) is 9.48. The zero-order valence-corrected chi connectivity index (χ0v) is 17.6. The largest absolute Gasteiger partial charge is 0.492 e. The quantitative estimate of drug-likeness (QED) is 0.426. The van der Waals surface area contributed by atoms with Crippen LogP contribution in [0.15, 0.2) is 47.4 Å². The molecule has 1 fully saturated rings. The lowest BCUT2D eigenvalue weighted by Crippen LogP contribution is -2.32. The summed E-state index contributed by atoms with van der Waals surface area (Å²) in [5.41, 5.74) is 0.685. The molecule has 3 rings (SSSR count). The van der Waals surface area contributed by atoms with Crippen LogP contribution in [0.4, 0.5) is 9.18 Å². The number of thioether (sulfide) groups is 1. The van der Waals surface area contributed by atoms with Gasteiger partial charge in [-0.15, -0.1) is 6.42 Å². The number of benzene rings is 2. The zero-order chi connectivity index (χ0) is 22.2. The van der Waals surface area contributed by atoms with Crippen molar-refractivity contribution in [3.05, 3.63) is 58.8 Å². The molecular formula is C23H20FNO5S. The zero-order valence-electron chi connectivity index (χ0n) is 16.8. The second-order valence-electron chi connectivity index (χ2n) is 6.27. The van der Waals surface area contributed by atoms with Gasteiger partial charge in [0.15, 0.2) is 11.5 Å². The number of hydrogen-bond donors (Lipinski definition) is 0. The Labute approximate surface area is 184 Å². The van der Waals surface area contributed by atoms with Gasteiger partial charge in [-0.3, -0.25) is 14.5 Å². The van der Waals surface area contributed by atoms with Crippen LogP contribution in [0.25, 0.3) is 6.08 Å². The highest BCUT2D eigenvalue weighted by Gasteiger charge is 2.34. The molecule has 2 aromatic rings. The highest BCUT2D eigenvalue weighted by atomic mass is 32.2. The van der Waals surface area contributed by atoms with E-state index in [0.29, 0.717) is 34.3 Å². The summed E-state index contributed by atoms with van der Waals surface area (Å²) in [5.74, 6) is 3.09. The van der Waals surface area contributed by atoms with E-state index in [9.17, 15) is 14.0 Å². The monoisotopic (exact) mass is 441 g/mol. The number of imide groups is 1. The minimum atomic E-state index is -0.400. The number of hydrogen-bond acceptors (Lipinski definition) is 6. The van der Waals surface area contributed by atoms with Gasteiger partial charge in [-0.2, -0.15) is 0 Å². The fraction of sp³-hybridized carbons (Fsp3) is 0.217. The molecule has 0 saturated carbocycles. The molecule has 1 aliphatic rings. The van der Waals surface area contributed by atoms with Gasteiger partial charge in [0.25, 0.3) is 11.1 Å². The molecule has 160 valence electrons. The maximum atomic E-state index is 12.9. The summed E-state index contributed by atoms with van der Waals surface area (Å²) in [6.07, 6.45) is 6.85. The van der Waals surface area contributed by atoms with Crippen molar-refractivity contribution in [1.29, 1.82) is 0 Å². The van der Waals surface area contributed by atoms with E-state index in [0.717, 1.165) is 16.7 Å². The van der Waals surface area contributed by atoms with E-state index >= 15 is 0 Å². The van der Waals surface area contributed by atoms with Gasteiger partial charge in [-0.25, -0.2) is 4.39 Å². The van der Waals surface area contributed by atoms with Crippen molar-refractivity contribution >= 4 is 29.0 Å². The Morgan fingerprint density at radius 1 is 1.10 bits per heavy atom. The number of amides is 2. The molecule has 1 saturated heterocycles. The van der Waals surface area contributed by atoms with E-state index in [1.54, 1.807) is 24.3 Å². The molecule has 0 bridgehead atoms. The number of nitrogens with zero attached hydrogens (tertiary/aromatic N) is 1. The van der Waals surface area contributed by atoms with Crippen LogP contribution in [-0.4, -0.2) is 42.4 Å². The van der Waals surface area contributed by atoms with E-state index in [1.165, 1.54) is 24.3 Å². The van der Waals surface area contributed by atoms with Crippen LogP contribution in [0.1, 0.15) is 12.5 Å². The molecule has 0 unspecified atom stereocenters. The van der Waals surface area contributed by atoms with Crippen molar-refractivity contribution in [3.63, 3.8) is 0 Å². The number of carbonyl (C=O) groups is 2. The van der Waals surface area contributed by atoms with Gasteiger partial charge in [0.2, 0.25) is 0 Å². The molecule has 0 spiro atoms. The predicted octanol–water partition coefficient (Wildman–Crippen LogP) is 4.35. The first-order valence-corrected chi connectivity index (χ1v) is 10.3. The summed E-state index contributed by atoms with van der Waals surface area (Å²) >= 11 is 0.857. The van der Waals surface area contributed by atoms with Gasteiger partial charge in [0, 0.05) is 0 Å². The predicted molar refractivity (Wildman–Crippen MR) is 117 cm³/mol. The summed E-state index contributed by atoms with van der Waals surface area (Å²) in [7, 11) is 0. The highest BCUT2D eigenvalue weighted by Crippen LogP contribution is 2.34. The topological polar surface area (TPSA) is 65.1 Å². The van der Waals surface area contributed by atoms with Crippen LogP contribution < -0.4 is 14.2 Å². The van der Waals surface area contributed by atoms with Crippen LogP contribution in [0.2, 0.25) is 0 Å². The van der Waals surface area contributed by atoms with Crippen LogP contribution >= 0.6 is 11.8 Å². The maximum Gasteiger partial charge on any atom is 0.293 e. The van der Waals surface area contributed by atoms with Gasteiger partial charge in [0.05, 0.1) is 18.1 Å². The third-order valence-electron chi connectivity index (χ3n) is 4.15. The Morgan fingerprint density at radius 2 is 1.87 bits per heavy atom. The number of terminal acetylenes is 1. The third-order valence-corrected chi connectivity index (χ3v) is 5.05. The molecule has 0 aliphatic carbocycles. The van der Waals surface area contributed by atoms with Crippen LogP contribution in [0.3, 0.4) is 0 Å². The lowest BCUT2D eigenvalue weighted by Gasteiger charge is -2.13. The molecule has 0 aromatic heterocycles. The lowest BCUT2D eigenvalue weighted by atomic mass is 10.2.